The highest BCUT2D eigenvalue weighted by Gasteiger charge is 2.24. The minimum Gasteiger partial charge on any atom is -0.481 e. The van der Waals surface area contributed by atoms with Crippen LogP contribution in [-0.2, 0) is 9.59 Å². The number of amides is 1. The van der Waals surface area contributed by atoms with Crippen molar-refractivity contribution in [1.82, 2.24) is 5.32 Å². The Morgan fingerprint density at radius 2 is 1.70 bits per heavy atom. The van der Waals surface area contributed by atoms with Crippen LogP contribution in [0.15, 0.2) is 0 Å². The third kappa shape index (κ3) is 6.92. The van der Waals surface area contributed by atoms with Crippen LogP contribution in [0.2, 0.25) is 0 Å². The van der Waals surface area contributed by atoms with E-state index in [-0.39, 0.29) is 18.2 Å². The van der Waals surface area contributed by atoms with Gasteiger partial charge >= 0.3 is 5.97 Å². The standard InChI is InChI=1S/C16H29NO3/c1-2-13-8-10-14(11-9-13)16(20)17-12-6-4-3-5-7-15(18)19/h13-14H,2-12H2,1H3,(H,17,20)(H,18,19). The van der Waals surface area contributed by atoms with Crippen molar-refractivity contribution in [2.24, 2.45) is 11.8 Å². The summed E-state index contributed by atoms with van der Waals surface area (Å²) in [5, 5.41) is 11.5. The van der Waals surface area contributed by atoms with E-state index in [2.05, 4.69) is 12.2 Å². The van der Waals surface area contributed by atoms with E-state index in [4.69, 9.17) is 5.11 Å². The molecule has 1 amide bonds. The average molecular weight is 283 g/mol. The summed E-state index contributed by atoms with van der Waals surface area (Å²) in [7, 11) is 0. The first-order chi connectivity index (χ1) is 9.63. The minimum absolute atomic E-state index is 0.227. The summed E-state index contributed by atoms with van der Waals surface area (Å²) in [5.74, 6) is 0.559. The van der Waals surface area contributed by atoms with Crippen molar-refractivity contribution in [3.05, 3.63) is 0 Å². The molecule has 0 aliphatic heterocycles. The number of nitrogens with one attached hydrogen (secondary N) is 1. The van der Waals surface area contributed by atoms with E-state index >= 15 is 0 Å². The lowest BCUT2D eigenvalue weighted by atomic mass is 9.80. The van der Waals surface area contributed by atoms with Crippen LogP contribution in [0.3, 0.4) is 0 Å². The summed E-state index contributed by atoms with van der Waals surface area (Å²) < 4.78 is 0. The molecule has 4 heteroatoms. The van der Waals surface area contributed by atoms with Gasteiger partial charge in [0.25, 0.3) is 0 Å². The van der Waals surface area contributed by atoms with E-state index in [0.29, 0.717) is 0 Å². The highest BCUT2D eigenvalue weighted by Crippen LogP contribution is 2.30. The van der Waals surface area contributed by atoms with E-state index in [1.165, 1.54) is 19.3 Å². The molecular weight excluding hydrogens is 254 g/mol. The minimum atomic E-state index is -0.721. The summed E-state index contributed by atoms with van der Waals surface area (Å²) in [4.78, 5) is 22.3. The quantitative estimate of drug-likeness (QED) is 0.638. The first-order valence-electron chi connectivity index (χ1n) is 8.13. The Hall–Kier alpha value is -1.06. The van der Waals surface area contributed by atoms with E-state index < -0.39 is 5.97 Å². The molecule has 1 saturated carbocycles. The number of unbranched alkanes of at least 4 members (excludes halogenated alkanes) is 3. The van der Waals surface area contributed by atoms with Crippen molar-refractivity contribution in [2.75, 3.05) is 6.54 Å². The zero-order chi connectivity index (χ0) is 14.8. The van der Waals surface area contributed by atoms with Crippen molar-refractivity contribution in [3.8, 4) is 0 Å². The summed E-state index contributed by atoms with van der Waals surface area (Å²) in [6.45, 7) is 2.97. The second-order valence-electron chi connectivity index (χ2n) is 5.97. The predicted octanol–water partition coefficient (Wildman–Crippen LogP) is 3.35. The largest absolute Gasteiger partial charge is 0.481 e. The van der Waals surface area contributed by atoms with Crippen LogP contribution in [0.4, 0.5) is 0 Å². The lowest BCUT2D eigenvalue weighted by molar-refractivity contribution is -0.137. The number of hydrogen-bond donors (Lipinski definition) is 2. The molecule has 0 heterocycles. The van der Waals surface area contributed by atoms with Gasteiger partial charge in [0, 0.05) is 18.9 Å². The van der Waals surface area contributed by atoms with Crippen LogP contribution >= 0.6 is 0 Å². The lowest BCUT2D eigenvalue weighted by Gasteiger charge is -2.26. The molecule has 0 radical (unpaired) electrons. The third-order valence-electron chi connectivity index (χ3n) is 4.41. The van der Waals surface area contributed by atoms with Crippen LogP contribution in [0, 0.1) is 11.8 Å². The highest BCUT2D eigenvalue weighted by molar-refractivity contribution is 5.78. The summed E-state index contributed by atoms with van der Waals surface area (Å²) in [5.41, 5.74) is 0. The Kier molecular flexibility index (Phi) is 8.31. The van der Waals surface area contributed by atoms with Gasteiger partial charge in [0.2, 0.25) is 5.91 Å². The average Bonchev–Trinajstić information content (AvgIpc) is 2.45. The second-order valence-corrected chi connectivity index (χ2v) is 5.97. The second kappa shape index (κ2) is 9.78. The van der Waals surface area contributed by atoms with Gasteiger partial charge in [-0.15, -0.1) is 0 Å². The first kappa shape index (κ1) is 17.0. The van der Waals surface area contributed by atoms with Crippen LogP contribution in [0.1, 0.15) is 71.1 Å². The molecule has 0 aromatic rings. The van der Waals surface area contributed by atoms with E-state index in [9.17, 15) is 9.59 Å². The highest BCUT2D eigenvalue weighted by atomic mass is 16.4. The molecule has 0 bridgehead atoms. The Balaban J connectivity index is 1.99. The van der Waals surface area contributed by atoms with Gasteiger partial charge in [0.15, 0.2) is 0 Å². The van der Waals surface area contributed by atoms with Gasteiger partial charge in [-0.05, 0) is 44.4 Å². The number of carbonyl (C=O) groups is 2. The Morgan fingerprint density at radius 1 is 1.05 bits per heavy atom. The molecule has 116 valence electrons. The fourth-order valence-electron chi connectivity index (χ4n) is 2.94. The Morgan fingerprint density at radius 3 is 2.30 bits per heavy atom. The number of carboxylic acids is 1. The van der Waals surface area contributed by atoms with Crippen LogP contribution in [0.25, 0.3) is 0 Å². The van der Waals surface area contributed by atoms with Gasteiger partial charge in [-0.25, -0.2) is 0 Å². The van der Waals surface area contributed by atoms with E-state index in [0.717, 1.165) is 51.0 Å². The zero-order valence-electron chi connectivity index (χ0n) is 12.7. The number of carboxylic acid groups (broad SMARTS) is 1. The SMILES string of the molecule is CCC1CCC(C(=O)NCCCCCCC(=O)O)CC1. The first-order valence-corrected chi connectivity index (χ1v) is 8.13. The summed E-state index contributed by atoms with van der Waals surface area (Å²) >= 11 is 0. The number of aliphatic carboxylic acids is 1. The maximum absolute atomic E-state index is 12.0. The Bertz CT molecular complexity index is 296. The molecule has 1 aliphatic carbocycles. The van der Waals surface area contributed by atoms with Crippen LogP contribution in [0.5, 0.6) is 0 Å². The van der Waals surface area contributed by atoms with Gasteiger partial charge < -0.3 is 10.4 Å². The smallest absolute Gasteiger partial charge is 0.303 e. The van der Waals surface area contributed by atoms with Crippen molar-refractivity contribution < 1.29 is 14.7 Å². The van der Waals surface area contributed by atoms with E-state index in [1.807, 2.05) is 0 Å². The van der Waals surface area contributed by atoms with Crippen molar-refractivity contribution >= 4 is 11.9 Å². The molecule has 2 N–H and O–H groups in total. The van der Waals surface area contributed by atoms with Gasteiger partial charge in [-0.2, -0.15) is 0 Å². The van der Waals surface area contributed by atoms with Crippen LogP contribution < -0.4 is 5.32 Å². The molecule has 1 rings (SSSR count). The topological polar surface area (TPSA) is 66.4 Å². The monoisotopic (exact) mass is 283 g/mol. The fraction of sp³-hybridized carbons (Fsp3) is 0.875. The van der Waals surface area contributed by atoms with Gasteiger partial charge in [-0.1, -0.05) is 26.2 Å². The molecule has 4 nitrogen and oxygen atoms in total. The van der Waals surface area contributed by atoms with Gasteiger partial charge in [0.05, 0.1) is 0 Å². The molecule has 1 fully saturated rings. The lowest BCUT2D eigenvalue weighted by Crippen LogP contribution is -2.33. The fourth-order valence-corrected chi connectivity index (χ4v) is 2.94. The molecule has 1 aliphatic rings. The predicted molar refractivity (Wildman–Crippen MR) is 79.5 cm³/mol. The maximum Gasteiger partial charge on any atom is 0.303 e. The number of rotatable bonds is 9. The molecule has 0 aromatic carbocycles. The molecule has 0 saturated heterocycles. The number of hydrogen-bond acceptors (Lipinski definition) is 2. The van der Waals surface area contributed by atoms with Crippen LogP contribution in [-0.4, -0.2) is 23.5 Å². The zero-order valence-corrected chi connectivity index (χ0v) is 12.7. The molecule has 0 atom stereocenters. The molecule has 20 heavy (non-hydrogen) atoms. The molecule has 0 spiro atoms. The summed E-state index contributed by atoms with van der Waals surface area (Å²) in [6.07, 6.45) is 9.61. The van der Waals surface area contributed by atoms with Crippen molar-refractivity contribution in [3.63, 3.8) is 0 Å². The van der Waals surface area contributed by atoms with Gasteiger partial charge in [0.1, 0.15) is 0 Å². The van der Waals surface area contributed by atoms with Crippen molar-refractivity contribution in [2.45, 2.75) is 71.1 Å². The van der Waals surface area contributed by atoms with E-state index in [1.54, 1.807) is 0 Å². The molecular formula is C16H29NO3. The van der Waals surface area contributed by atoms with Gasteiger partial charge in [-0.3, -0.25) is 9.59 Å². The number of carbonyl (C=O) groups excluding carboxylic acids is 1. The summed E-state index contributed by atoms with van der Waals surface area (Å²) in [6, 6.07) is 0. The Labute approximate surface area is 122 Å². The molecule has 0 aromatic heterocycles. The maximum atomic E-state index is 12.0. The molecule has 0 unspecified atom stereocenters. The normalized spacial score (nSPS) is 22.4. The third-order valence-corrected chi connectivity index (χ3v) is 4.41. The van der Waals surface area contributed by atoms with Crippen molar-refractivity contribution in [1.29, 1.82) is 0 Å².